The third-order valence-corrected chi connectivity index (χ3v) is 4.08. The lowest BCUT2D eigenvalue weighted by molar-refractivity contribution is -0.124. The summed E-state index contributed by atoms with van der Waals surface area (Å²) in [5, 5.41) is 3.42. The fraction of sp³-hybridized carbons (Fsp3) is 0.176. The number of esters is 1. The molecular weight excluding hydrogens is 369 g/mol. The fourth-order valence-corrected chi connectivity index (χ4v) is 2.65. The smallest absolute Gasteiger partial charge is 0.338 e. The maximum atomic E-state index is 12.1. The summed E-state index contributed by atoms with van der Waals surface area (Å²) in [5.74, 6) is -0.383. The predicted molar refractivity (Wildman–Crippen MR) is 91.2 cm³/mol. The lowest BCUT2D eigenvalue weighted by Gasteiger charge is -2.08. The summed E-state index contributed by atoms with van der Waals surface area (Å²) in [6.07, 6.45) is 0. The maximum absolute atomic E-state index is 12.1. The van der Waals surface area contributed by atoms with Crippen molar-refractivity contribution in [1.82, 2.24) is 5.32 Å². The van der Waals surface area contributed by atoms with Gasteiger partial charge in [-0.05, 0) is 23.8 Å². The van der Waals surface area contributed by atoms with E-state index in [4.69, 9.17) is 37.4 Å². The molecular formula is C17H13Cl2NO5. The molecule has 0 fully saturated rings. The zero-order valence-corrected chi connectivity index (χ0v) is 14.4. The Hall–Kier alpha value is -2.44. The zero-order valence-electron chi connectivity index (χ0n) is 12.9. The van der Waals surface area contributed by atoms with E-state index in [9.17, 15) is 9.59 Å². The normalized spacial score (nSPS) is 11.9. The van der Waals surface area contributed by atoms with Crippen LogP contribution in [0.1, 0.15) is 15.9 Å². The van der Waals surface area contributed by atoms with Gasteiger partial charge in [-0.1, -0.05) is 41.4 Å². The number of amides is 1. The number of carbonyl (C=O) groups is 2. The molecule has 130 valence electrons. The molecule has 1 amide bonds. The Morgan fingerprint density at radius 2 is 1.92 bits per heavy atom. The first-order valence-corrected chi connectivity index (χ1v) is 8.06. The van der Waals surface area contributed by atoms with E-state index in [1.165, 1.54) is 12.1 Å². The maximum Gasteiger partial charge on any atom is 0.338 e. The van der Waals surface area contributed by atoms with Crippen LogP contribution < -0.4 is 14.8 Å². The van der Waals surface area contributed by atoms with Crippen LogP contribution in [0.25, 0.3) is 0 Å². The molecule has 0 atom stereocenters. The molecule has 0 spiro atoms. The number of hydrogen-bond acceptors (Lipinski definition) is 5. The first-order valence-electron chi connectivity index (χ1n) is 7.31. The van der Waals surface area contributed by atoms with E-state index in [0.717, 1.165) is 5.56 Å². The van der Waals surface area contributed by atoms with E-state index in [1.807, 2.05) is 6.07 Å². The van der Waals surface area contributed by atoms with Crippen molar-refractivity contribution in [2.24, 2.45) is 0 Å². The Morgan fingerprint density at radius 3 is 2.72 bits per heavy atom. The van der Waals surface area contributed by atoms with Crippen molar-refractivity contribution in [3.8, 4) is 11.5 Å². The van der Waals surface area contributed by atoms with Gasteiger partial charge in [-0.15, -0.1) is 0 Å². The molecule has 1 N–H and O–H groups in total. The van der Waals surface area contributed by atoms with Gasteiger partial charge in [0, 0.05) is 11.6 Å². The van der Waals surface area contributed by atoms with Gasteiger partial charge in [0.15, 0.2) is 18.1 Å². The molecule has 8 heteroatoms. The molecule has 0 unspecified atom stereocenters. The van der Waals surface area contributed by atoms with Crippen LogP contribution in [0.3, 0.4) is 0 Å². The second kappa shape index (κ2) is 7.63. The van der Waals surface area contributed by atoms with Crippen LogP contribution in [-0.4, -0.2) is 25.3 Å². The van der Waals surface area contributed by atoms with Gasteiger partial charge in [-0.3, -0.25) is 4.79 Å². The van der Waals surface area contributed by atoms with Gasteiger partial charge in [0.25, 0.3) is 5.91 Å². The number of nitrogens with one attached hydrogen (secondary N) is 1. The highest BCUT2D eigenvalue weighted by Crippen LogP contribution is 2.39. The van der Waals surface area contributed by atoms with Crippen LogP contribution >= 0.6 is 23.2 Å². The summed E-state index contributed by atoms with van der Waals surface area (Å²) in [7, 11) is 0. The largest absolute Gasteiger partial charge is 0.454 e. The highest BCUT2D eigenvalue weighted by molar-refractivity contribution is 6.32. The van der Waals surface area contributed by atoms with E-state index in [0.29, 0.717) is 16.5 Å². The van der Waals surface area contributed by atoms with Crippen LogP contribution in [0.15, 0.2) is 36.4 Å². The second-order valence-corrected chi connectivity index (χ2v) is 5.95. The second-order valence-electron chi connectivity index (χ2n) is 5.14. The lowest BCUT2D eigenvalue weighted by Crippen LogP contribution is -2.28. The number of rotatable bonds is 5. The Balaban J connectivity index is 1.53. The molecule has 3 rings (SSSR count). The Labute approximate surface area is 153 Å². The fourth-order valence-electron chi connectivity index (χ4n) is 2.19. The molecule has 1 aliphatic heterocycles. The number of fused-ring (bicyclic) bond motifs is 1. The van der Waals surface area contributed by atoms with Crippen LogP contribution in [0.4, 0.5) is 0 Å². The molecule has 2 aromatic carbocycles. The van der Waals surface area contributed by atoms with Crippen LogP contribution in [0, 0.1) is 0 Å². The number of hydrogen-bond donors (Lipinski definition) is 1. The van der Waals surface area contributed by atoms with Gasteiger partial charge < -0.3 is 19.5 Å². The first kappa shape index (κ1) is 17.4. The standard InChI is InChI=1S/C17H13Cl2NO5/c18-12-4-2-1-3-10(12)7-20-15(21)8-23-17(22)11-5-13(19)16-14(6-11)24-9-25-16/h1-6H,7-9H2,(H,20,21). The van der Waals surface area contributed by atoms with Gasteiger partial charge in [0.2, 0.25) is 6.79 Å². The van der Waals surface area contributed by atoms with E-state index in [1.54, 1.807) is 18.2 Å². The molecule has 0 saturated heterocycles. The minimum Gasteiger partial charge on any atom is -0.454 e. The van der Waals surface area contributed by atoms with E-state index in [2.05, 4.69) is 5.32 Å². The van der Waals surface area contributed by atoms with E-state index >= 15 is 0 Å². The van der Waals surface area contributed by atoms with Crippen LogP contribution in [0.5, 0.6) is 11.5 Å². The van der Waals surface area contributed by atoms with Crippen molar-refractivity contribution in [2.45, 2.75) is 6.54 Å². The quantitative estimate of drug-likeness (QED) is 0.804. The summed E-state index contributed by atoms with van der Waals surface area (Å²) >= 11 is 12.0. The molecule has 1 heterocycles. The average Bonchev–Trinajstić information content (AvgIpc) is 3.08. The van der Waals surface area contributed by atoms with Gasteiger partial charge in [-0.25, -0.2) is 4.79 Å². The molecule has 0 saturated carbocycles. The number of benzene rings is 2. The molecule has 0 radical (unpaired) electrons. The number of halogens is 2. The lowest BCUT2D eigenvalue weighted by atomic mass is 10.2. The van der Waals surface area contributed by atoms with Crippen molar-refractivity contribution in [1.29, 1.82) is 0 Å². The van der Waals surface area contributed by atoms with Crippen molar-refractivity contribution < 1.29 is 23.8 Å². The molecule has 0 aliphatic carbocycles. The first-order chi connectivity index (χ1) is 12.0. The molecule has 0 bridgehead atoms. The third-order valence-electron chi connectivity index (χ3n) is 3.43. The molecule has 0 aromatic heterocycles. The third kappa shape index (κ3) is 4.15. The predicted octanol–water partition coefficient (Wildman–Crippen LogP) is 3.20. The van der Waals surface area contributed by atoms with E-state index in [-0.39, 0.29) is 23.9 Å². The Bertz CT molecular complexity index is 825. The zero-order chi connectivity index (χ0) is 17.8. The average molecular weight is 382 g/mol. The van der Waals surface area contributed by atoms with E-state index < -0.39 is 18.5 Å². The number of ether oxygens (including phenoxy) is 3. The molecule has 2 aromatic rings. The summed E-state index contributed by atoms with van der Waals surface area (Å²) in [5.41, 5.74) is 0.944. The van der Waals surface area contributed by atoms with Gasteiger partial charge in [-0.2, -0.15) is 0 Å². The molecule has 6 nitrogen and oxygen atoms in total. The highest BCUT2D eigenvalue weighted by Gasteiger charge is 2.21. The minimum atomic E-state index is -0.687. The summed E-state index contributed by atoms with van der Waals surface area (Å²) < 4.78 is 15.3. The minimum absolute atomic E-state index is 0.0397. The molecule has 1 aliphatic rings. The van der Waals surface area contributed by atoms with Gasteiger partial charge in [0.05, 0.1) is 10.6 Å². The summed E-state index contributed by atoms with van der Waals surface area (Å²) in [6.45, 7) is -0.140. The highest BCUT2D eigenvalue weighted by atomic mass is 35.5. The SMILES string of the molecule is O=C(COC(=O)c1cc(Cl)c2c(c1)OCO2)NCc1ccccc1Cl. The van der Waals surface area contributed by atoms with Gasteiger partial charge >= 0.3 is 5.97 Å². The molecule has 25 heavy (non-hydrogen) atoms. The van der Waals surface area contributed by atoms with Gasteiger partial charge in [0.1, 0.15) is 0 Å². The Morgan fingerprint density at radius 1 is 1.12 bits per heavy atom. The van der Waals surface area contributed by atoms with Crippen molar-refractivity contribution in [2.75, 3.05) is 13.4 Å². The summed E-state index contributed by atoms with van der Waals surface area (Å²) in [6, 6.07) is 10.00. The topological polar surface area (TPSA) is 73.9 Å². The van der Waals surface area contributed by atoms with Crippen molar-refractivity contribution in [3.63, 3.8) is 0 Å². The number of carbonyl (C=O) groups excluding carboxylic acids is 2. The Kier molecular flexibility index (Phi) is 5.31. The van der Waals surface area contributed by atoms with Crippen molar-refractivity contribution >= 4 is 35.1 Å². The monoisotopic (exact) mass is 381 g/mol. The van der Waals surface area contributed by atoms with Crippen molar-refractivity contribution in [3.05, 3.63) is 57.6 Å². The van der Waals surface area contributed by atoms with Crippen LogP contribution in [-0.2, 0) is 16.1 Å². The summed E-state index contributed by atoms with van der Waals surface area (Å²) in [4.78, 5) is 23.9. The van der Waals surface area contributed by atoms with Crippen LogP contribution in [0.2, 0.25) is 10.0 Å².